The van der Waals surface area contributed by atoms with Crippen molar-refractivity contribution in [2.45, 2.75) is 13.5 Å². The molecule has 2 N–H and O–H groups in total. The van der Waals surface area contributed by atoms with Crippen LogP contribution in [0.1, 0.15) is 75.4 Å². The Morgan fingerprint density at radius 2 is 1.00 bits per heavy atom. The second-order valence-electron chi connectivity index (χ2n) is 10.1. The summed E-state index contributed by atoms with van der Waals surface area (Å²) in [6, 6.07) is 29.1. The molecule has 0 saturated carbocycles. The maximum absolute atomic E-state index is 14.1. The molecule has 0 amide bonds. The quantitative estimate of drug-likeness (QED) is 0.0797. The highest BCUT2D eigenvalue weighted by molar-refractivity contribution is 6.24. The number of phenols is 2. The summed E-state index contributed by atoms with van der Waals surface area (Å²) in [7, 11) is 0. The largest absolute Gasteiger partial charge is 0.504 e. The van der Waals surface area contributed by atoms with Crippen LogP contribution in [0.2, 0.25) is 0 Å². The van der Waals surface area contributed by atoms with Gasteiger partial charge in [0.1, 0.15) is 6.61 Å². The second-order valence-corrected chi connectivity index (χ2v) is 10.1. The fourth-order valence-electron chi connectivity index (χ4n) is 4.69. The molecule has 0 radical (unpaired) electrons. The number of carbonyl (C=O) groups excluding carboxylic acids is 5. The number of esters is 2. The van der Waals surface area contributed by atoms with Gasteiger partial charge in [0.15, 0.2) is 28.8 Å². The number of aromatic hydroxyl groups is 2. The van der Waals surface area contributed by atoms with Gasteiger partial charge in [0.25, 0.3) is 0 Å². The normalized spacial score (nSPS) is 10.5. The summed E-state index contributed by atoms with van der Waals surface area (Å²) in [5, 5.41) is 22.5. The van der Waals surface area contributed by atoms with Gasteiger partial charge in [-0.05, 0) is 24.6 Å². The van der Waals surface area contributed by atoms with E-state index in [9.17, 15) is 34.2 Å². The first-order chi connectivity index (χ1) is 22.2. The van der Waals surface area contributed by atoms with Crippen molar-refractivity contribution >= 4 is 29.3 Å². The van der Waals surface area contributed by atoms with Crippen LogP contribution in [0.25, 0.3) is 0 Å². The molecule has 0 spiro atoms. The van der Waals surface area contributed by atoms with E-state index in [-0.39, 0.29) is 29.1 Å². The molecule has 9 nitrogen and oxygen atoms in total. The molecule has 0 aliphatic heterocycles. The zero-order chi connectivity index (χ0) is 32.8. The van der Waals surface area contributed by atoms with Crippen molar-refractivity contribution in [1.82, 2.24) is 0 Å². The first-order valence-corrected chi connectivity index (χ1v) is 14.0. The molecule has 5 aromatic rings. The highest BCUT2D eigenvalue weighted by atomic mass is 16.5. The van der Waals surface area contributed by atoms with E-state index in [4.69, 9.17) is 9.47 Å². The molecule has 0 aliphatic rings. The molecule has 46 heavy (non-hydrogen) atoms. The molecule has 0 atom stereocenters. The number of ketones is 3. The average molecular weight is 615 g/mol. The molecular weight excluding hydrogens is 588 g/mol. The van der Waals surface area contributed by atoms with E-state index in [0.29, 0.717) is 11.1 Å². The van der Waals surface area contributed by atoms with E-state index in [0.717, 1.165) is 0 Å². The summed E-state index contributed by atoms with van der Waals surface area (Å²) in [6.45, 7) is 1.06. The van der Waals surface area contributed by atoms with E-state index in [1.165, 1.54) is 43.3 Å². The molecule has 0 heterocycles. The number of carbonyl (C=O) groups is 5. The Hall–Kier alpha value is -6.35. The van der Waals surface area contributed by atoms with Gasteiger partial charge in [0.05, 0.1) is 22.3 Å². The first-order valence-electron chi connectivity index (χ1n) is 14.0. The fraction of sp³-hybridized carbons (Fsp3) is 0.0541. The zero-order valence-electron chi connectivity index (χ0n) is 24.4. The summed E-state index contributed by atoms with van der Waals surface area (Å²) in [4.78, 5) is 66.8. The predicted octanol–water partition coefficient (Wildman–Crippen LogP) is 6.34. The summed E-state index contributed by atoms with van der Waals surface area (Å²) in [5.41, 5.74) is -1.09. The number of phenolic OH excluding ortho intramolecular Hbond substituents is 2. The van der Waals surface area contributed by atoms with Crippen LogP contribution in [0.15, 0.2) is 115 Å². The Bertz CT molecular complexity index is 1950. The van der Waals surface area contributed by atoms with Crippen LogP contribution in [-0.4, -0.2) is 39.5 Å². The van der Waals surface area contributed by atoms with Crippen molar-refractivity contribution in [2.75, 3.05) is 0 Å². The van der Waals surface area contributed by atoms with Crippen molar-refractivity contribution in [1.29, 1.82) is 0 Å². The molecule has 0 aromatic heterocycles. The third-order valence-electron chi connectivity index (χ3n) is 7.07. The van der Waals surface area contributed by atoms with Gasteiger partial charge in [-0.3, -0.25) is 14.4 Å². The lowest BCUT2D eigenvalue weighted by Crippen LogP contribution is -2.21. The highest BCUT2D eigenvalue weighted by Crippen LogP contribution is 2.46. The topological polar surface area (TPSA) is 144 Å². The van der Waals surface area contributed by atoms with E-state index in [1.54, 1.807) is 78.9 Å². The number of Topliss-reactive ketones (excluding diaryl/α,β-unsaturated/α-hetero) is 1. The fourth-order valence-corrected chi connectivity index (χ4v) is 4.69. The molecule has 5 rings (SSSR count). The standard InChI is InChI=1S/C37H26O9/c1-22(38)24-19-17-23(18-20-24)21-45-37(44)28-29(31(39)25-11-5-2-6-12-25)33(41)34(42)35(46-36(43)27-15-9-4-10-16-27)30(28)32(40)26-13-7-3-8-14-26/h2-20,41-42H,21H2,1H3. The van der Waals surface area contributed by atoms with Crippen LogP contribution in [0, 0.1) is 0 Å². The van der Waals surface area contributed by atoms with Crippen molar-refractivity contribution in [3.05, 3.63) is 160 Å². The minimum absolute atomic E-state index is 0.0246. The third-order valence-corrected chi connectivity index (χ3v) is 7.07. The van der Waals surface area contributed by atoms with Crippen LogP contribution in [0.3, 0.4) is 0 Å². The lowest BCUT2D eigenvalue weighted by Gasteiger charge is -2.20. The van der Waals surface area contributed by atoms with Crippen LogP contribution in [-0.2, 0) is 11.3 Å². The molecule has 0 unspecified atom stereocenters. The van der Waals surface area contributed by atoms with Gasteiger partial charge >= 0.3 is 11.9 Å². The van der Waals surface area contributed by atoms with Gasteiger partial charge in [-0.15, -0.1) is 0 Å². The zero-order valence-corrected chi connectivity index (χ0v) is 24.4. The molecule has 0 bridgehead atoms. The smallest absolute Gasteiger partial charge is 0.343 e. The van der Waals surface area contributed by atoms with E-state index >= 15 is 0 Å². The Morgan fingerprint density at radius 1 is 0.522 bits per heavy atom. The average Bonchev–Trinajstić information content (AvgIpc) is 3.09. The summed E-state index contributed by atoms with van der Waals surface area (Å²) < 4.78 is 11.0. The van der Waals surface area contributed by atoms with Crippen LogP contribution < -0.4 is 4.74 Å². The van der Waals surface area contributed by atoms with E-state index < -0.39 is 57.4 Å². The number of ether oxygens (including phenoxy) is 2. The lowest BCUT2D eigenvalue weighted by molar-refractivity contribution is 0.0464. The molecule has 0 aliphatic carbocycles. The van der Waals surface area contributed by atoms with Gasteiger partial charge in [-0.2, -0.15) is 0 Å². The number of rotatable bonds is 10. The van der Waals surface area contributed by atoms with Gasteiger partial charge in [0.2, 0.25) is 5.75 Å². The van der Waals surface area contributed by atoms with Crippen molar-refractivity contribution in [3.8, 4) is 17.2 Å². The van der Waals surface area contributed by atoms with Gasteiger partial charge < -0.3 is 19.7 Å². The number of hydrogen-bond acceptors (Lipinski definition) is 9. The Morgan fingerprint density at radius 3 is 1.50 bits per heavy atom. The van der Waals surface area contributed by atoms with Crippen LogP contribution in [0.5, 0.6) is 17.2 Å². The minimum atomic E-state index is -1.22. The molecule has 5 aromatic carbocycles. The first kappa shape index (κ1) is 31.1. The summed E-state index contributed by atoms with van der Waals surface area (Å²) in [6.07, 6.45) is 0. The maximum Gasteiger partial charge on any atom is 0.343 e. The van der Waals surface area contributed by atoms with Gasteiger partial charge in [-0.1, -0.05) is 103 Å². The minimum Gasteiger partial charge on any atom is -0.504 e. The second kappa shape index (κ2) is 13.5. The SMILES string of the molecule is CC(=O)c1ccc(COC(=O)c2c(C(=O)c3ccccc3)c(O)c(O)c(OC(=O)c3ccccc3)c2C(=O)c2ccccc2)cc1. The molecule has 0 saturated heterocycles. The highest BCUT2D eigenvalue weighted by Gasteiger charge is 2.37. The Balaban J connectivity index is 1.72. The molecule has 9 heteroatoms. The Labute approximate surface area is 263 Å². The van der Waals surface area contributed by atoms with E-state index in [1.807, 2.05) is 0 Å². The molecular formula is C37H26O9. The monoisotopic (exact) mass is 614 g/mol. The molecule has 0 fully saturated rings. The molecule has 228 valence electrons. The number of benzene rings is 5. The van der Waals surface area contributed by atoms with Crippen LogP contribution in [0.4, 0.5) is 0 Å². The number of hydrogen-bond donors (Lipinski definition) is 2. The third kappa shape index (κ3) is 6.44. The van der Waals surface area contributed by atoms with Crippen molar-refractivity contribution in [2.24, 2.45) is 0 Å². The van der Waals surface area contributed by atoms with Gasteiger partial charge in [-0.25, -0.2) is 9.59 Å². The summed E-state index contributed by atoms with van der Waals surface area (Å²) >= 11 is 0. The van der Waals surface area contributed by atoms with Gasteiger partial charge in [0, 0.05) is 16.7 Å². The van der Waals surface area contributed by atoms with Crippen molar-refractivity contribution < 1.29 is 43.7 Å². The summed E-state index contributed by atoms with van der Waals surface area (Å²) in [5.74, 6) is -7.21. The lowest BCUT2D eigenvalue weighted by atomic mass is 9.88. The Kier molecular flexibility index (Phi) is 9.14. The van der Waals surface area contributed by atoms with Crippen molar-refractivity contribution in [3.63, 3.8) is 0 Å². The van der Waals surface area contributed by atoms with E-state index in [2.05, 4.69) is 0 Å². The van der Waals surface area contributed by atoms with Crippen LogP contribution >= 0.6 is 0 Å². The maximum atomic E-state index is 14.1. The predicted molar refractivity (Wildman–Crippen MR) is 166 cm³/mol.